The first-order chi connectivity index (χ1) is 13.5. The highest BCUT2D eigenvalue weighted by molar-refractivity contribution is 7.71. The highest BCUT2D eigenvalue weighted by atomic mass is 32.1. The molecule has 146 valence electrons. The maximum Gasteiger partial charge on any atom is 0.205 e. The van der Waals surface area contributed by atoms with E-state index in [1.165, 1.54) is 4.68 Å². The summed E-state index contributed by atoms with van der Waals surface area (Å²) in [5.74, 6) is 0.592. The molecule has 1 aliphatic heterocycles. The lowest BCUT2D eigenvalue weighted by Gasteiger charge is -2.14. The van der Waals surface area contributed by atoms with Crippen molar-refractivity contribution < 1.29 is 20.1 Å². The standard InChI is InChI=1S/C20H21N3O4S/c1-12-7-9-13(10-8-12)18-21-23(19-17(26)16(25)15(11-24)27-19)20(28)22(18)14-5-3-2-4-6-14/h2-10,15-17,19,24-26H,11H2,1H3/t15-,16+,17+,19-/m1/s1. The van der Waals surface area contributed by atoms with Crippen LogP contribution < -0.4 is 0 Å². The van der Waals surface area contributed by atoms with Crippen molar-refractivity contribution in [1.29, 1.82) is 0 Å². The van der Waals surface area contributed by atoms with Crippen molar-refractivity contribution in [3.63, 3.8) is 0 Å². The van der Waals surface area contributed by atoms with Crippen molar-refractivity contribution >= 4 is 12.2 Å². The second-order valence-electron chi connectivity index (χ2n) is 6.82. The Morgan fingerprint density at radius 3 is 2.32 bits per heavy atom. The third-order valence-electron chi connectivity index (χ3n) is 4.88. The third-order valence-corrected chi connectivity index (χ3v) is 5.25. The second-order valence-corrected chi connectivity index (χ2v) is 7.18. The molecule has 0 amide bonds. The fraction of sp³-hybridized carbons (Fsp3) is 0.300. The normalized spacial score (nSPS) is 24.6. The molecule has 1 saturated heterocycles. The largest absolute Gasteiger partial charge is 0.394 e. The third kappa shape index (κ3) is 3.19. The number of benzene rings is 2. The number of para-hydroxylation sites is 1. The second kappa shape index (κ2) is 7.57. The molecule has 3 aromatic rings. The number of hydrogen-bond acceptors (Lipinski definition) is 6. The maximum absolute atomic E-state index is 10.4. The molecular formula is C20H21N3O4S. The number of nitrogens with zero attached hydrogens (tertiary/aromatic N) is 3. The van der Waals surface area contributed by atoms with Gasteiger partial charge in [0.25, 0.3) is 0 Å². The number of ether oxygens (including phenoxy) is 1. The quantitative estimate of drug-likeness (QED) is 0.581. The molecule has 28 heavy (non-hydrogen) atoms. The molecule has 0 saturated carbocycles. The van der Waals surface area contributed by atoms with Gasteiger partial charge in [-0.15, -0.1) is 5.10 Å². The Kier molecular flexibility index (Phi) is 5.13. The lowest BCUT2D eigenvalue weighted by atomic mass is 10.1. The molecule has 1 aliphatic rings. The van der Waals surface area contributed by atoms with E-state index in [1.54, 1.807) is 4.57 Å². The zero-order chi connectivity index (χ0) is 19.8. The first kappa shape index (κ1) is 19.0. The highest BCUT2D eigenvalue weighted by Gasteiger charge is 2.44. The van der Waals surface area contributed by atoms with Gasteiger partial charge in [0, 0.05) is 11.3 Å². The van der Waals surface area contributed by atoms with E-state index in [1.807, 2.05) is 61.5 Å². The van der Waals surface area contributed by atoms with Crippen LogP contribution in [-0.4, -0.2) is 54.6 Å². The molecule has 0 unspecified atom stereocenters. The molecular weight excluding hydrogens is 378 g/mol. The van der Waals surface area contributed by atoms with Crippen molar-refractivity contribution in [2.24, 2.45) is 0 Å². The van der Waals surface area contributed by atoms with Crippen molar-refractivity contribution in [2.45, 2.75) is 31.5 Å². The molecule has 8 heteroatoms. The van der Waals surface area contributed by atoms with E-state index in [0.717, 1.165) is 16.8 Å². The summed E-state index contributed by atoms with van der Waals surface area (Å²) >= 11 is 5.65. The monoisotopic (exact) mass is 399 g/mol. The predicted molar refractivity (Wildman–Crippen MR) is 106 cm³/mol. The van der Waals surface area contributed by atoms with Gasteiger partial charge in [0.2, 0.25) is 4.77 Å². The Bertz CT molecular complexity index is 1020. The van der Waals surface area contributed by atoms with Crippen LogP contribution >= 0.6 is 12.2 Å². The number of aliphatic hydroxyl groups excluding tert-OH is 3. The van der Waals surface area contributed by atoms with E-state index in [4.69, 9.17) is 17.0 Å². The molecule has 1 fully saturated rings. The molecule has 0 bridgehead atoms. The fourth-order valence-electron chi connectivity index (χ4n) is 3.33. The van der Waals surface area contributed by atoms with Gasteiger partial charge < -0.3 is 20.1 Å². The van der Waals surface area contributed by atoms with Gasteiger partial charge in [-0.05, 0) is 31.3 Å². The van der Waals surface area contributed by atoms with Gasteiger partial charge in [0.1, 0.15) is 18.3 Å². The van der Waals surface area contributed by atoms with E-state index >= 15 is 0 Å². The Labute approximate surface area is 167 Å². The van der Waals surface area contributed by atoms with Gasteiger partial charge in [-0.25, -0.2) is 4.68 Å². The summed E-state index contributed by atoms with van der Waals surface area (Å²) < 4.78 is 9.14. The molecule has 4 rings (SSSR count). The summed E-state index contributed by atoms with van der Waals surface area (Å²) in [6.45, 7) is 1.59. The van der Waals surface area contributed by atoms with E-state index in [9.17, 15) is 15.3 Å². The van der Waals surface area contributed by atoms with Crippen LogP contribution in [0.25, 0.3) is 17.1 Å². The first-order valence-corrected chi connectivity index (χ1v) is 9.38. The smallest absolute Gasteiger partial charge is 0.205 e. The van der Waals surface area contributed by atoms with Crippen LogP contribution in [0.15, 0.2) is 54.6 Å². The summed E-state index contributed by atoms with van der Waals surface area (Å²) in [7, 11) is 0. The van der Waals surface area contributed by atoms with Crippen LogP contribution in [-0.2, 0) is 4.74 Å². The van der Waals surface area contributed by atoms with Crippen LogP contribution in [0.3, 0.4) is 0 Å². The zero-order valence-corrected chi connectivity index (χ0v) is 16.0. The molecule has 1 aromatic heterocycles. The molecule has 2 aromatic carbocycles. The van der Waals surface area contributed by atoms with Crippen LogP contribution in [0.4, 0.5) is 0 Å². The average Bonchev–Trinajstić information content (AvgIpc) is 3.20. The van der Waals surface area contributed by atoms with Gasteiger partial charge in [0.15, 0.2) is 12.1 Å². The topological polar surface area (TPSA) is 92.7 Å². The Hall–Kier alpha value is -2.36. The lowest BCUT2D eigenvalue weighted by Crippen LogP contribution is -2.33. The van der Waals surface area contributed by atoms with Gasteiger partial charge in [-0.2, -0.15) is 0 Å². The molecule has 3 N–H and O–H groups in total. The first-order valence-electron chi connectivity index (χ1n) is 8.97. The summed E-state index contributed by atoms with van der Waals surface area (Å²) in [5.41, 5.74) is 2.80. The van der Waals surface area contributed by atoms with Gasteiger partial charge in [0.05, 0.1) is 6.61 Å². The maximum atomic E-state index is 10.4. The van der Waals surface area contributed by atoms with Crippen LogP contribution in [0.1, 0.15) is 11.8 Å². The summed E-state index contributed by atoms with van der Waals surface area (Å²) in [6, 6.07) is 17.4. The Morgan fingerprint density at radius 1 is 1.04 bits per heavy atom. The predicted octanol–water partition coefficient (Wildman–Crippen LogP) is 1.99. The van der Waals surface area contributed by atoms with E-state index < -0.39 is 31.1 Å². The van der Waals surface area contributed by atoms with Crippen LogP contribution in [0.2, 0.25) is 0 Å². The molecule has 7 nitrogen and oxygen atoms in total. The summed E-state index contributed by atoms with van der Waals surface area (Å²) in [6.07, 6.45) is -4.36. The van der Waals surface area contributed by atoms with Gasteiger partial charge in [-0.1, -0.05) is 48.0 Å². The van der Waals surface area contributed by atoms with Crippen molar-refractivity contribution in [1.82, 2.24) is 14.3 Å². The van der Waals surface area contributed by atoms with E-state index in [-0.39, 0.29) is 0 Å². The Balaban J connectivity index is 1.88. The molecule has 0 spiro atoms. The van der Waals surface area contributed by atoms with Crippen molar-refractivity contribution in [3.05, 3.63) is 64.9 Å². The molecule has 4 atom stereocenters. The van der Waals surface area contributed by atoms with E-state index in [2.05, 4.69) is 5.10 Å². The number of aryl methyl sites for hydroxylation is 1. The number of hydrogen-bond donors (Lipinski definition) is 3. The fourth-order valence-corrected chi connectivity index (χ4v) is 3.67. The zero-order valence-electron chi connectivity index (χ0n) is 15.2. The average molecular weight is 399 g/mol. The number of aliphatic hydroxyl groups is 3. The molecule has 0 radical (unpaired) electrons. The SMILES string of the molecule is Cc1ccc(-c2nn([C@@H]3O[C@H](CO)[C@H](O)[C@@H]3O)c(=S)n2-c2ccccc2)cc1. The minimum Gasteiger partial charge on any atom is -0.394 e. The minimum absolute atomic E-state index is 0.316. The number of aromatic nitrogens is 3. The minimum atomic E-state index is -1.26. The lowest BCUT2D eigenvalue weighted by molar-refractivity contribution is -0.0594. The van der Waals surface area contributed by atoms with Crippen LogP contribution in [0, 0.1) is 11.7 Å². The Morgan fingerprint density at radius 2 is 1.71 bits per heavy atom. The van der Waals surface area contributed by atoms with Crippen LogP contribution in [0.5, 0.6) is 0 Å². The van der Waals surface area contributed by atoms with Gasteiger partial charge >= 0.3 is 0 Å². The molecule has 0 aliphatic carbocycles. The summed E-state index contributed by atoms with van der Waals surface area (Å²) in [5, 5.41) is 34.5. The van der Waals surface area contributed by atoms with Crippen molar-refractivity contribution in [2.75, 3.05) is 6.61 Å². The highest BCUT2D eigenvalue weighted by Crippen LogP contribution is 2.32. The summed E-state index contributed by atoms with van der Waals surface area (Å²) in [4.78, 5) is 0. The van der Waals surface area contributed by atoms with Gasteiger partial charge in [-0.3, -0.25) is 4.57 Å². The van der Waals surface area contributed by atoms with Crippen molar-refractivity contribution in [3.8, 4) is 17.1 Å². The molecule has 2 heterocycles. The van der Waals surface area contributed by atoms with E-state index in [0.29, 0.717) is 10.6 Å². The number of rotatable bonds is 4.